The highest BCUT2D eigenvalue weighted by Crippen LogP contribution is 2.19. The van der Waals surface area contributed by atoms with Gasteiger partial charge in [0.2, 0.25) is 17.7 Å². The van der Waals surface area contributed by atoms with Gasteiger partial charge in [-0.25, -0.2) is 0 Å². The van der Waals surface area contributed by atoms with Gasteiger partial charge in [-0.1, -0.05) is 0 Å². The van der Waals surface area contributed by atoms with Gasteiger partial charge in [0, 0.05) is 13.1 Å². The number of hydrogen-bond acceptors (Lipinski definition) is 6. The Hall–Kier alpha value is -1.56. The first kappa shape index (κ1) is 13.9. The average Bonchev–Trinajstić information content (AvgIpc) is 2.44. The van der Waals surface area contributed by atoms with Crippen LogP contribution in [0.2, 0.25) is 0 Å². The summed E-state index contributed by atoms with van der Waals surface area (Å²) in [5, 5.41) is 3.28. The fourth-order valence-corrected chi connectivity index (χ4v) is 2.37. The molecule has 6 nitrogen and oxygen atoms in total. The second-order valence-electron chi connectivity index (χ2n) is 4.93. The molecule has 0 bridgehead atoms. The van der Waals surface area contributed by atoms with E-state index in [0.29, 0.717) is 23.6 Å². The number of anilines is 1. The molecule has 1 saturated heterocycles. The lowest BCUT2D eigenvalue weighted by Crippen LogP contribution is -2.35. The third-order valence-electron chi connectivity index (χ3n) is 3.37. The number of likely N-dealkylation sites (tertiary alicyclic amines) is 1. The predicted molar refractivity (Wildman–Crippen MR) is 73.8 cm³/mol. The lowest BCUT2D eigenvalue weighted by Gasteiger charge is -2.29. The Morgan fingerprint density at radius 2 is 2.00 bits per heavy atom. The molecule has 1 unspecified atom stereocenters. The molecule has 1 N–H and O–H groups in total. The molecule has 0 saturated carbocycles. The van der Waals surface area contributed by atoms with E-state index in [1.807, 2.05) is 0 Å². The van der Waals surface area contributed by atoms with Crippen molar-refractivity contribution in [2.75, 3.05) is 46.2 Å². The SMILES string of the molecule is COc1cc(OC)nc(NCC2CCCN(C)C2)n1. The van der Waals surface area contributed by atoms with Gasteiger partial charge in [-0.2, -0.15) is 9.97 Å². The molecule has 2 heterocycles. The summed E-state index contributed by atoms with van der Waals surface area (Å²) in [4.78, 5) is 10.9. The second-order valence-corrected chi connectivity index (χ2v) is 4.93. The highest BCUT2D eigenvalue weighted by Gasteiger charge is 2.17. The molecule has 0 aromatic carbocycles. The summed E-state index contributed by atoms with van der Waals surface area (Å²) < 4.78 is 10.3. The second kappa shape index (κ2) is 6.56. The van der Waals surface area contributed by atoms with Crippen molar-refractivity contribution in [1.82, 2.24) is 14.9 Å². The van der Waals surface area contributed by atoms with Crippen LogP contribution in [0, 0.1) is 5.92 Å². The van der Waals surface area contributed by atoms with Crippen molar-refractivity contribution in [1.29, 1.82) is 0 Å². The molecule has 0 radical (unpaired) electrons. The van der Waals surface area contributed by atoms with Crippen LogP contribution >= 0.6 is 0 Å². The molecule has 1 aliphatic rings. The summed E-state index contributed by atoms with van der Waals surface area (Å²) in [6.45, 7) is 3.19. The maximum atomic E-state index is 5.13. The molecule has 1 aliphatic heterocycles. The van der Waals surface area contributed by atoms with Gasteiger partial charge in [-0.3, -0.25) is 0 Å². The summed E-state index contributed by atoms with van der Waals surface area (Å²) in [5.41, 5.74) is 0. The third kappa shape index (κ3) is 3.96. The molecule has 106 valence electrons. The van der Waals surface area contributed by atoms with Crippen molar-refractivity contribution < 1.29 is 9.47 Å². The van der Waals surface area contributed by atoms with Crippen LogP contribution in [-0.4, -0.2) is 55.8 Å². The van der Waals surface area contributed by atoms with E-state index in [0.717, 1.165) is 13.1 Å². The van der Waals surface area contributed by atoms with Gasteiger partial charge in [-0.05, 0) is 32.4 Å². The Kier molecular flexibility index (Phi) is 4.79. The number of methoxy groups -OCH3 is 2. The highest BCUT2D eigenvalue weighted by molar-refractivity contribution is 5.33. The summed E-state index contributed by atoms with van der Waals surface area (Å²) >= 11 is 0. The molecule has 1 aromatic rings. The first-order chi connectivity index (χ1) is 9.21. The number of piperidine rings is 1. The van der Waals surface area contributed by atoms with Gasteiger partial charge in [0.1, 0.15) is 0 Å². The van der Waals surface area contributed by atoms with Crippen LogP contribution in [0.1, 0.15) is 12.8 Å². The number of nitrogens with zero attached hydrogens (tertiary/aromatic N) is 3. The van der Waals surface area contributed by atoms with Gasteiger partial charge in [0.25, 0.3) is 0 Å². The van der Waals surface area contributed by atoms with E-state index in [4.69, 9.17) is 9.47 Å². The van der Waals surface area contributed by atoms with E-state index in [1.54, 1.807) is 20.3 Å². The van der Waals surface area contributed by atoms with Gasteiger partial charge in [0.15, 0.2) is 0 Å². The molecule has 6 heteroatoms. The minimum Gasteiger partial charge on any atom is -0.481 e. The van der Waals surface area contributed by atoms with E-state index in [1.165, 1.54) is 19.4 Å². The van der Waals surface area contributed by atoms with E-state index >= 15 is 0 Å². The van der Waals surface area contributed by atoms with Crippen LogP contribution in [-0.2, 0) is 0 Å². The standard InChI is InChI=1S/C13H22N4O2/c1-17-6-4-5-10(9-17)8-14-13-15-11(18-2)7-12(16-13)19-3/h7,10H,4-6,8-9H2,1-3H3,(H,14,15,16). The van der Waals surface area contributed by atoms with Crippen molar-refractivity contribution in [3.63, 3.8) is 0 Å². The molecule has 1 aromatic heterocycles. The van der Waals surface area contributed by atoms with Crippen LogP contribution < -0.4 is 14.8 Å². The Bertz CT molecular complexity index is 391. The summed E-state index contributed by atoms with van der Waals surface area (Å²) in [6.07, 6.45) is 2.50. The number of rotatable bonds is 5. The zero-order valence-corrected chi connectivity index (χ0v) is 11.8. The molecular formula is C13H22N4O2. The van der Waals surface area contributed by atoms with Crippen LogP contribution in [0.15, 0.2) is 6.07 Å². The zero-order chi connectivity index (χ0) is 13.7. The predicted octanol–water partition coefficient (Wildman–Crippen LogP) is 1.25. The van der Waals surface area contributed by atoms with Crippen LogP contribution in [0.4, 0.5) is 5.95 Å². The van der Waals surface area contributed by atoms with Crippen molar-refractivity contribution in [2.24, 2.45) is 5.92 Å². The average molecular weight is 266 g/mol. The van der Waals surface area contributed by atoms with Gasteiger partial charge < -0.3 is 19.7 Å². The molecular weight excluding hydrogens is 244 g/mol. The highest BCUT2D eigenvalue weighted by atomic mass is 16.5. The first-order valence-corrected chi connectivity index (χ1v) is 6.60. The van der Waals surface area contributed by atoms with Crippen molar-refractivity contribution >= 4 is 5.95 Å². The molecule has 2 rings (SSSR count). The number of ether oxygens (including phenoxy) is 2. The van der Waals surface area contributed by atoms with E-state index in [9.17, 15) is 0 Å². The summed E-state index contributed by atoms with van der Waals surface area (Å²) in [7, 11) is 5.33. The minimum atomic E-state index is 0.509. The molecule has 19 heavy (non-hydrogen) atoms. The van der Waals surface area contributed by atoms with Gasteiger partial charge in [0.05, 0.1) is 20.3 Å². The van der Waals surface area contributed by atoms with Crippen molar-refractivity contribution in [2.45, 2.75) is 12.8 Å². The lowest BCUT2D eigenvalue weighted by atomic mass is 9.99. The topological polar surface area (TPSA) is 59.5 Å². The monoisotopic (exact) mass is 266 g/mol. The molecule has 0 amide bonds. The Labute approximate surface area is 114 Å². The Balaban J connectivity index is 1.94. The number of aromatic nitrogens is 2. The van der Waals surface area contributed by atoms with Crippen LogP contribution in [0.25, 0.3) is 0 Å². The van der Waals surface area contributed by atoms with Crippen molar-refractivity contribution in [3.8, 4) is 11.8 Å². The van der Waals surface area contributed by atoms with E-state index < -0.39 is 0 Å². The number of hydrogen-bond donors (Lipinski definition) is 1. The van der Waals surface area contributed by atoms with Gasteiger partial charge in [-0.15, -0.1) is 0 Å². The maximum Gasteiger partial charge on any atom is 0.229 e. The lowest BCUT2D eigenvalue weighted by molar-refractivity contribution is 0.217. The van der Waals surface area contributed by atoms with Crippen LogP contribution in [0.3, 0.4) is 0 Å². The van der Waals surface area contributed by atoms with E-state index in [-0.39, 0.29) is 0 Å². The smallest absolute Gasteiger partial charge is 0.229 e. The summed E-state index contributed by atoms with van der Waals surface area (Å²) in [5.74, 6) is 2.22. The summed E-state index contributed by atoms with van der Waals surface area (Å²) in [6, 6.07) is 1.67. The third-order valence-corrected chi connectivity index (χ3v) is 3.37. The quantitative estimate of drug-likeness (QED) is 0.865. The largest absolute Gasteiger partial charge is 0.481 e. The Morgan fingerprint density at radius 3 is 2.58 bits per heavy atom. The first-order valence-electron chi connectivity index (χ1n) is 6.60. The normalized spacial score (nSPS) is 20.1. The minimum absolute atomic E-state index is 0.509. The zero-order valence-electron chi connectivity index (χ0n) is 11.8. The molecule has 1 fully saturated rings. The molecule has 0 spiro atoms. The van der Waals surface area contributed by atoms with Gasteiger partial charge >= 0.3 is 0 Å². The van der Waals surface area contributed by atoms with E-state index in [2.05, 4.69) is 27.2 Å². The fourth-order valence-electron chi connectivity index (χ4n) is 2.37. The number of nitrogens with one attached hydrogen (secondary N) is 1. The molecule has 0 aliphatic carbocycles. The fraction of sp³-hybridized carbons (Fsp3) is 0.692. The molecule has 1 atom stereocenters. The maximum absolute atomic E-state index is 5.13. The van der Waals surface area contributed by atoms with Crippen molar-refractivity contribution in [3.05, 3.63) is 6.07 Å². The Morgan fingerprint density at radius 1 is 1.32 bits per heavy atom. The van der Waals surface area contributed by atoms with Crippen LogP contribution in [0.5, 0.6) is 11.8 Å².